The van der Waals surface area contributed by atoms with Crippen LogP contribution in [0.15, 0.2) is 0 Å². The Morgan fingerprint density at radius 1 is 0.727 bits per heavy atom. The highest BCUT2D eigenvalue weighted by Crippen LogP contribution is 2.09. The van der Waals surface area contributed by atoms with Gasteiger partial charge in [0, 0.05) is 13.0 Å². The van der Waals surface area contributed by atoms with Crippen LogP contribution < -0.4 is 27.4 Å². The summed E-state index contributed by atoms with van der Waals surface area (Å²) in [7, 11) is 0. The topological polar surface area (TPSA) is 160 Å². The Labute approximate surface area is 200 Å². The van der Waals surface area contributed by atoms with Crippen LogP contribution in [0.3, 0.4) is 0 Å². The molecule has 33 heavy (non-hydrogen) atoms. The first kappa shape index (κ1) is 31.3. The van der Waals surface area contributed by atoms with Gasteiger partial charge in [0.1, 0.15) is 12.1 Å². The summed E-state index contributed by atoms with van der Waals surface area (Å²) in [4.78, 5) is 37.3. The lowest BCUT2D eigenvalue weighted by Gasteiger charge is -2.22. The second-order valence-electron chi connectivity index (χ2n) is 9.15. The van der Waals surface area contributed by atoms with Crippen LogP contribution >= 0.6 is 0 Å². The maximum Gasteiger partial charge on any atom is 0.245 e. The van der Waals surface area contributed by atoms with Gasteiger partial charge in [-0.25, -0.2) is 0 Å². The lowest BCUT2D eigenvalue weighted by atomic mass is 10.1. The van der Waals surface area contributed by atoms with E-state index in [1.807, 2.05) is 13.8 Å². The van der Waals surface area contributed by atoms with Crippen molar-refractivity contribution in [2.75, 3.05) is 26.2 Å². The van der Waals surface area contributed by atoms with Gasteiger partial charge in [-0.2, -0.15) is 0 Å². The van der Waals surface area contributed by atoms with E-state index in [2.05, 4.69) is 16.0 Å². The van der Waals surface area contributed by atoms with E-state index in [0.29, 0.717) is 32.4 Å². The quantitative estimate of drug-likeness (QED) is 0.138. The van der Waals surface area contributed by atoms with Gasteiger partial charge >= 0.3 is 0 Å². The van der Waals surface area contributed by atoms with Crippen LogP contribution in [-0.4, -0.2) is 61.2 Å². The van der Waals surface area contributed by atoms with Crippen molar-refractivity contribution >= 4 is 17.7 Å². The third-order valence-corrected chi connectivity index (χ3v) is 5.46. The highest BCUT2D eigenvalue weighted by molar-refractivity contribution is 5.92. The number of nitrogens with one attached hydrogen (secondary N) is 3. The van der Waals surface area contributed by atoms with E-state index < -0.39 is 24.6 Å². The Morgan fingerprint density at radius 3 is 1.82 bits per heavy atom. The first-order valence-corrected chi connectivity index (χ1v) is 12.7. The molecular formula is C24H49N5O4. The number of aliphatic hydroxyl groups is 1. The molecule has 8 N–H and O–H groups in total. The minimum Gasteiger partial charge on any atom is -0.394 e. The number of hydrogen-bond acceptors (Lipinski definition) is 6. The SMILES string of the molecule is CC(C)CNC(=O)[C@H](CCCCN)NC(=O)[C@H](CO)NC(=O)CCCCCCCCCCN. The molecule has 0 aliphatic heterocycles. The van der Waals surface area contributed by atoms with Gasteiger partial charge in [-0.05, 0) is 51.1 Å². The Morgan fingerprint density at radius 2 is 1.27 bits per heavy atom. The van der Waals surface area contributed by atoms with E-state index in [1.54, 1.807) is 0 Å². The Bertz CT molecular complexity index is 531. The zero-order valence-electron chi connectivity index (χ0n) is 20.9. The number of unbranched alkanes of at least 4 members (excludes halogenated alkanes) is 8. The molecule has 0 spiro atoms. The van der Waals surface area contributed by atoms with Gasteiger partial charge in [0.2, 0.25) is 17.7 Å². The molecule has 0 unspecified atom stereocenters. The second-order valence-corrected chi connectivity index (χ2v) is 9.15. The van der Waals surface area contributed by atoms with Crippen molar-refractivity contribution in [3.05, 3.63) is 0 Å². The number of rotatable bonds is 21. The summed E-state index contributed by atoms with van der Waals surface area (Å²) in [5.41, 5.74) is 11.0. The zero-order chi connectivity index (χ0) is 24.9. The molecule has 0 aromatic rings. The maximum atomic E-state index is 12.6. The average Bonchev–Trinajstić information content (AvgIpc) is 2.79. The molecule has 0 saturated heterocycles. The van der Waals surface area contributed by atoms with Gasteiger partial charge in [-0.1, -0.05) is 52.4 Å². The van der Waals surface area contributed by atoms with Crippen molar-refractivity contribution in [3.8, 4) is 0 Å². The molecule has 0 aromatic heterocycles. The smallest absolute Gasteiger partial charge is 0.245 e. The van der Waals surface area contributed by atoms with Crippen molar-refractivity contribution in [2.24, 2.45) is 17.4 Å². The van der Waals surface area contributed by atoms with Crippen LogP contribution in [0.25, 0.3) is 0 Å². The normalized spacial score (nSPS) is 12.9. The Balaban J connectivity index is 4.41. The van der Waals surface area contributed by atoms with E-state index in [1.165, 1.54) is 19.3 Å². The summed E-state index contributed by atoms with van der Waals surface area (Å²) in [5, 5.41) is 17.7. The van der Waals surface area contributed by atoms with Gasteiger partial charge in [-0.15, -0.1) is 0 Å². The minimum atomic E-state index is -1.07. The summed E-state index contributed by atoms with van der Waals surface area (Å²) in [6.07, 6.45) is 10.8. The first-order valence-electron chi connectivity index (χ1n) is 12.7. The van der Waals surface area contributed by atoms with Crippen LogP contribution in [0.5, 0.6) is 0 Å². The van der Waals surface area contributed by atoms with Crippen molar-refractivity contribution in [3.63, 3.8) is 0 Å². The molecule has 0 saturated carbocycles. The van der Waals surface area contributed by atoms with E-state index in [9.17, 15) is 19.5 Å². The monoisotopic (exact) mass is 471 g/mol. The molecule has 0 radical (unpaired) electrons. The molecule has 194 valence electrons. The van der Waals surface area contributed by atoms with E-state index in [4.69, 9.17) is 11.5 Å². The summed E-state index contributed by atoms with van der Waals surface area (Å²) in [6, 6.07) is -1.80. The van der Waals surface area contributed by atoms with E-state index in [0.717, 1.165) is 45.1 Å². The Kier molecular flexibility index (Phi) is 19.8. The van der Waals surface area contributed by atoms with Crippen molar-refractivity contribution < 1.29 is 19.5 Å². The van der Waals surface area contributed by atoms with Crippen molar-refractivity contribution in [2.45, 2.75) is 103 Å². The summed E-state index contributed by atoms with van der Waals surface area (Å²) in [6.45, 7) is 5.23. The lowest BCUT2D eigenvalue weighted by molar-refractivity contribution is -0.133. The van der Waals surface area contributed by atoms with Gasteiger partial charge in [0.15, 0.2) is 0 Å². The van der Waals surface area contributed by atoms with Gasteiger partial charge in [0.25, 0.3) is 0 Å². The molecule has 0 bridgehead atoms. The van der Waals surface area contributed by atoms with Crippen LogP contribution in [0, 0.1) is 5.92 Å². The number of amides is 3. The minimum absolute atomic E-state index is 0.264. The third-order valence-electron chi connectivity index (χ3n) is 5.46. The predicted octanol–water partition coefficient (Wildman–Crippen LogP) is 1.32. The van der Waals surface area contributed by atoms with Crippen molar-refractivity contribution in [1.82, 2.24) is 16.0 Å². The van der Waals surface area contributed by atoms with Gasteiger partial charge in [-0.3, -0.25) is 14.4 Å². The molecule has 3 amide bonds. The highest BCUT2D eigenvalue weighted by Gasteiger charge is 2.26. The molecule has 0 aliphatic rings. The molecule has 0 heterocycles. The largest absolute Gasteiger partial charge is 0.394 e. The number of hydrogen-bond donors (Lipinski definition) is 6. The van der Waals surface area contributed by atoms with Gasteiger partial charge in [0.05, 0.1) is 6.61 Å². The maximum absolute atomic E-state index is 12.6. The fraction of sp³-hybridized carbons (Fsp3) is 0.875. The molecule has 9 nitrogen and oxygen atoms in total. The Hall–Kier alpha value is -1.71. The molecule has 9 heteroatoms. The number of carbonyl (C=O) groups is 3. The summed E-state index contributed by atoms with van der Waals surface area (Å²) in [5.74, 6) is -0.799. The first-order chi connectivity index (χ1) is 15.8. The van der Waals surface area contributed by atoms with Crippen LogP contribution in [0.4, 0.5) is 0 Å². The van der Waals surface area contributed by atoms with E-state index in [-0.39, 0.29) is 17.7 Å². The van der Waals surface area contributed by atoms with Gasteiger partial charge < -0.3 is 32.5 Å². The standard InChI is InChI=1S/C24H49N5O4/c1-19(2)17-27-23(32)20(13-10-12-16-26)29-24(33)21(18-30)28-22(31)14-9-7-5-3-4-6-8-11-15-25/h19-21,30H,3-18,25-26H2,1-2H3,(H,27,32)(H,28,31)(H,29,33)/t20-,21-/m0/s1. The average molecular weight is 472 g/mol. The molecule has 0 fully saturated rings. The summed E-state index contributed by atoms with van der Waals surface area (Å²) >= 11 is 0. The lowest BCUT2D eigenvalue weighted by Crippen LogP contribution is -2.55. The highest BCUT2D eigenvalue weighted by atomic mass is 16.3. The van der Waals surface area contributed by atoms with Crippen LogP contribution in [0.1, 0.15) is 90.9 Å². The van der Waals surface area contributed by atoms with Crippen LogP contribution in [0.2, 0.25) is 0 Å². The molecular weight excluding hydrogens is 422 g/mol. The number of aliphatic hydroxyl groups excluding tert-OH is 1. The zero-order valence-corrected chi connectivity index (χ0v) is 20.9. The number of nitrogens with two attached hydrogens (primary N) is 2. The third kappa shape index (κ3) is 17.4. The molecule has 2 atom stereocenters. The predicted molar refractivity (Wildman–Crippen MR) is 132 cm³/mol. The fourth-order valence-corrected chi connectivity index (χ4v) is 3.41. The number of carbonyl (C=O) groups excluding carboxylic acids is 3. The summed E-state index contributed by atoms with van der Waals surface area (Å²) < 4.78 is 0. The second kappa shape index (κ2) is 20.9. The van der Waals surface area contributed by atoms with Crippen LogP contribution in [-0.2, 0) is 14.4 Å². The fourth-order valence-electron chi connectivity index (χ4n) is 3.41. The molecule has 0 rings (SSSR count). The molecule has 0 aromatic carbocycles. The molecule has 0 aliphatic carbocycles. The van der Waals surface area contributed by atoms with E-state index >= 15 is 0 Å². The van der Waals surface area contributed by atoms with Crippen molar-refractivity contribution in [1.29, 1.82) is 0 Å².